The Morgan fingerprint density at radius 3 is 2.57 bits per heavy atom. The lowest BCUT2D eigenvalue weighted by atomic mass is 10.1. The van der Waals surface area contributed by atoms with E-state index in [0.717, 1.165) is 36.8 Å². The van der Waals surface area contributed by atoms with Crippen molar-refractivity contribution in [2.45, 2.75) is 33.6 Å². The van der Waals surface area contributed by atoms with Crippen molar-refractivity contribution in [1.29, 1.82) is 0 Å². The van der Waals surface area contributed by atoms with Crippen LogP contribution in [0.2, 0.25) is 0 Å². The Hall–Kier alpha value is -1.07. The summed E-state index contributed by atoms with van der Waals surface area (Å²) in [7, 11) is 0.173. The number of ether oxygens (including phenoxy) is 1. The highest BCUT2D eigenvalue weighted by Crippen LogP contribution is 2.19. The van der Waals surface area contributed by atoms with Gasteiger partial charge in [0.15, 0.2) is 5.96 Å². The fraction of sp³-hybridized carbons (Fsp3) is 0.632. The van der Waals surface area contributed by atoms with E-state index in [1.165, 1.54) is 9.87 Å². The molecule has 9 heteroatoms. The lowest BCUT2D eigenvalue weighted by Crippen LogP contribution is -2.38. The Bertz CT molecular complexity index is 711. The molecule has 1 aromatic rings. The van der Waals surface area contributed by atoms with E-state index in [2.05, 4.69) is 28.6 Å². The molecule has 1 rings (SSSR count). The third kappa shape index (κ3) is 9.42. The second-order valence-corrected chi connectivity index (χ2v) is 8.69. The average Bonchev–Trinajstić information content (AvgIpc) is 2.65. The fourth-order valence-electron chi connectivity index (χ4n) is 2.60. The first-order chi connectivity index (χ1) is 12.8. The van der Waals surface area contributed by atoms with Gasteiger partial charge in [0.2, 0.25) is 10.0 Å². The van der Waals surface area contributed by atoms with Gasteiger partial charge >= 0.3 is 0 Å². The van der Waals surface area contributed by atoms with E-state index >= 15 is 0 Å². The van der Waals surface area contributed by atoms with Gasteiger partial charge < -0.3 is 15.4 Å². The number of benzene rings is 1. The molecule has 0 fully saturated rings. The molecule has 0 spiro atoms. The van der Waals surface area contributed by atoms with Crippen LogP contribution in [0.4, 0.5) is 0 Å². The van der Waals surface area contributed by atoms with Gasteiger partial charge in [-0.1, -0.05) is 17.7 Å². The molecule has 2 N–H and O–H groups in total. The zero-order valence-corrected chi connectivity index (χ0v) is 20.8. The standard InChI is InChI=1S/C19H34N4O3S.HI/c1-6-20-19(21-12-8-14-23(4)27(24,25)7-2)22-13-11-17-15-16(3)9-10-18(17)26-5;/h9-10,15H,6-8,11-14H2,1-5H3,(H2,20,21,22);1H. The summed E-state index contributed by atoms with van der Waals surface area (Å²) >= 11 is 0. The molecule has 0 aliphatic rings. The molecule has 1 aromatic carbocycles. The number of hydrogen-bond donors (Lipinski definition) is 2. The van der Waals surface area contributed by atoms with Crippen LogP contribution in [0.3, 0.4) is 0 Å². The molecule has 0 heterocycles. The Labute approximate surface area is 187 Å². The summed E-state index contributed by atoms with van der Waals surface area (Å²) in [6.07, 6.45) is 1.50. The molecule has 0 radical (unpaired) electrons. The van der Waals surface area contributed by atoms with Crippen LogP contribution < -0.4 is 15.4 Å². The first-order valence-electron chi connectivity index (χ1n) is 9.43. The van der Waals surface area contributed by atoms with Crippen LogP contribution in [0.25, 0.3) is 0 Å². The lowest BCUT2D eigenvalue weighted by molar-refractivity contribution is 0.409. The molecule has 0 aromatic heterocycles. The van der Waals surface area contributed by atoms with E-state index < -0.39 is 10.0 Å². The minimum atomic E-state index is -3.12. The maximum Gasteiger partial charge on any atom is 0.213 e. The highest BCUT2D eigenvalue weighted by Gasteiger charge is 2.13. The Kier molecular flexibility index (Phi) is 13.5. The van der Waals surface area contributed by atoms with Crippen LogP contribution in [0.5, 0.6) is 5.75 Å². The number of hydrogen-bond acceptors (Lipinski definition) is 4. The normalized spacial score (nSPS) is 11.9. The van der Waals surface area contributed by atoms with Gasteiger partial charge in [-0.2, -0.15) is 0 Å². The van der Waals surface area contributed by atoms with Crippen LogP contribution in [0.15, 0.2) is 23.2 Å². The first kappa shape index (κ1) is 26.9. The molecule has 0 saturated heterocycles. The maximum absolute atomic E-state index is 11.7. The van der Waals surface area contributed by atoms with Gasteiger partial charge in [-0.3, -0.25) is 4.99 Å². The van der Waals surface area contributed by atoms with Gasteiger partial charge in [0, 0.05) is 33.2 Å². The monoisotopic (exact) mass is 526 g/mol. The highest BCUT2D eigenvalue weighted by atomic mass is 127. The second-order valence-electron chi connectivity index (χ2n) is 6.33. The molecule has 0 atom stereocenters. The third-order valence-electron chi connectivity index (χ3n) is 4.21. The van der Waals surface area contributed by atoms with Crippen LogP contribution in [0.1, 0.15) is 31.4 Å². The summed E-state index contributed by atoms with van der Waals surface area (Å²) in [6.45, 7) is 8.27. The first-order valence-corrected chi connectivity index (χ1v) is 11.0. The van der Waals surface area contributed by atoms with E-state index in [1.54, 1.807) is 21.1 Å². The summed E-state index contributed by atoms with van der Waals surface area (Å²) in [6, 6.07) is 6.16. The fourth-order valence-corrected chi connectivity index (χ4v) is 3.45. The van der Waals surface area contributed by atoms with E-state index in [0.29, 0.717) is 19.5 Å². The van der Waals surface area contributed by atoms with Crippen molar-refractivity contribution in [3.8, 4) is 5.75 Å². The number of sulfonamides is 1. The largest absolute Gasteiger partial charge is 0.496 e. The van der Waals surface area contributed by atoms with Crippen molar-refractivity contribution in [3.05, 3.63) is 29.3 Å². The number of aliphatic imine (C=N–C) groups is 1. The number of nitrogens with one attached hydrogen (secondary N) is 2. The average molecular weight is 526 g/mol. The maximum atomic E-state index is 11.7. The van der Waals surface area contributed by atoms with E-state index in [4.69, 9.17) is 4.74 Å². The quantitative estimate of drug-likeness (QED) is 0.200. The lowest BCUT2D eigenvalue weighted by Gasteiger charge is -2.16. The molecule has 7 nitrogen and oxygen atoms in total. The Morgan fingerprint density at radius 1 is 1.25 bits per heavy atom. The minimum Gasteiger partial charge on any atom is -0.496 e. The topological polar surface area (TPSA) is 83.0 Å². The van der Waals surface area contributed by atoms with Gasteiger partial charge in [-0.15, -0.1) is 24.0 Å². The summed E-state index contributed by atoms with van der Waals surface area (Å²) in [5.41, 5.74) is 2.37. The summed E-state index contributed by atoms with van der Waals surface area (Å²) in [5.74, 6) is 1.76. The van der Waals surface area contributed by atoms with Crippen molar-refractivity contribution in [1.82, 2.24) is 14.9 Å². The molecule has 0 bridgehead atoms. The van der Waals surface area contributed by atoms with Crippen molar-refractivity contribution in [2.75, 3.05) is 46.1 Å². The minimum absolute atomic E-state index is 0. The molecule has 162 valence electrons. The van der Waals surface area contributed by atoms with Gasteiger partial charge in [-0.05, 0) is 45.2 Å². The van der Waals surface area contributed by atoms with Gasteiger partial charge in [0.05, 0.1) is 12.9 Å². The number of rotatable bonds is 11. The molecular formula is C19H35IN4O3S. The number of nitrogens with zero attached hydrogens (tertiary/aromatic N) is 2. The van der Waals surface area contributed by atoms with Crippen molar-refractivity contribution >= 4 is 40.0 Å². The second kappa shape index (κ2) is 14.0. The van der Waals surface area contributed by atoms with E-state index in [1.807, 2.05) is 19.1 Å². The van der Waals surface area contributed by atoms with Crippen molar-refractivity contribution in [2.24, 2.45) is 4.99 Å². The number of methoxy groups -OCH3 is 1. The Balaban J connectivity index is 0.00000729. The third-order valence-corrected chi connectivity index (χ3v) is 6.07. The molecule has 0 amide bonds. The van der Waals surface area contributed by atoms with Crippen LogP contribution >= 0.6 is 24.0 Å². The van der Waals surface area contributed by atoms with Crippen molar-refractivity contribution < 1.29 is 13.2 Å². The molecule has 0 saturated carbocycles. The van der Waals surface area contributed by atoms with Gasteiger partial charge in [0.1, 0.15) is 5.75 Å². The van der Waals surface area contributed by atoms with Gasteiger partial charge in [0.25, 0.3) is 0 Å². The van der Waals surface area contributed by atoms with Gasteiger partial charge in [-0.25, -0.2) is 12.7 Å². The molecule has 0 aliphatic heterocycles. The van der Waals surface area contributed by atoms with E-state index in [-0.39, 0.29) is 29.7 Å². The predicted molar refractivity (Wildman–Crippen MR) is 128 cm³/mol. The van der Waals surface area contributed by atoms with E-state index in [9.17, 15) is 8.42 Å². The molecule has 0 unspecified atom stereocenters. The molecular weight excluding hydrogens is 491 g/mol. The smallest absolute Gasteiger partial charge is 0.213 e. The van der Waals surface area contributed by atoms with Crippen LogP contribution in [-0.2, 0) is 16.4 Å². The summed E-state index contributed by atoms with van der Waals surface area (Å²) in [5, 5.41) is 6.54. The van der Waals surface area contributed by atoms with Crippen molar-refractivity contribution in [3.63, 3.8) is 0 Å². The number of halogens is 1. The number of guanidine groups is 1. The summed E-state index contributed by atoms with van der Waals surface area (Å²) in [4.78, 5) is 4.53. The predicted octanol–water partition coefficient (Wildman–Crippen LogP) is 2.39. The SMILES string of the molecule is CCNC(=NCCCN(C)S(=O)(=O)CC)NCCc1cc(C)ccc1OC.I. The Morgan fingerprint density at radius 2 is 1.96 bits per heavy atom. The van der Waals surface area contributed by atoms with Crippen LogP contribution in [-0.4, -0.2) is 64.8 Å². The van der Waals surface area contributed by atoms with Crippen LogP contribution in [0, 0.1) is 6.92 Å². The highest BCUT2D eigenvalue weighted by molar-refractivity contribution is 14.0. The molecule has 0 aliphatic carbocycles. The summed E-state index contributed by atoms with van der Waals surface area (Å²) < 4.78 is 30.3. The zero-order chi connectivity index (χ0) is 20.3. The zero-order valence-electron chi connectivity index (χ0n) is 17.6. The molecule has 28 heavy (non-hydrogen) atoms. The number of aryl methyl sites for hydroxylation is 1.